The first-order chi connectivity index (χ1) is 17.3. The Hall–Kier alpha value is -0.480. The average Bonchev–Trinajstić information content (AvgIpc) is 2.81. The number of ether oxygens (including phenoxy) is 4. The summed E-state index contributed by atoms with van der Waals surface area (Å²) < 4.78 is 20.5. The van der Waals surface area contributed by atoms with E-state index in [9.17, 15) is 20.4 Å². The van der Waals surface area contributed by atoms with Crippen LogP contribution in [0.15, 0.2) is 0 Å². The molecular weight excluding hydrogens is 472 g/mol. The number of nitrogens with zero attached hydrogens (tertiary/aromatic N) is 4. The Morgan fingerprint density at radius 1 is 0.417 bits per heavy atom. The standard InChI is InChI=1S/C24H52N4O8/c1-33-17-21(29)13-25-5-7-26(14-22(30)18-34-2)9-11-28(16-24(32)20-36-4)12-10-27(8-6-25)15-23(31)19-35-3/h21-24,29-32H,5-20H2,1-4H3. The molecule has 1 fully saturated rings. The van der Waals surface area contributed by atoms with Crippen molar-refractivity contribution in [3.8, 4) is 0 Å². The van der Waals surface area contributed by atoms with Crippen molar-refractivity contribution in [2.24, 2.45) is 0 Å². The minimum Gasteiger partial charge on any atom is -0.389 e. The van der Waals surface area contributed by atoms with Crippen molar-refractivity contribution in [1.82, 2.24) is 19.6 Å². The van der Waals surface area contributed by atoms with Crippen LogP contribution in [0, 0.1) is 0 Å². The van der Waals surface area contributed by atoms with E-state index in [1.165, 1.54) is 0 Å². The predicted molar refractivity (Wildman–Crippen MR) is 137 cm³/mol. The van der Waals surface area contributed by atoms with Gasteiger partial charge in [0.05, 0.1) is 50.8 Å². The molecule has 216 valence electrons. The smallest absolute Gasteiger partial charge is 0.0900 e. The highest BCUT2D eigenvalue weighted by Crippen LogP contribution is 2.05. The molecule has 1 aliphatic rings. The fraction of sp³-hybridized carbons (Fsp3) is 1.00. The zero-order valence-corrected chi connectivity index (χ0v) is 22.8. The van der Waals surface area contributed by atoms with E-state index >= 15 is 0 Å². The molecule has 4 atom stereocenters. The van der Waals surface area contributed by atoms with Gasteiger partial charge in [0.1, 0.15) is 0 Å². The van der Waals surface area contributed by atoms with Gasteiger partial charge in [-0.3, -0.25) is 19.6 Å². The molecule has 0 radical (unpaired) electrons. The van der Waals surface area contributed by atoms with Crippen molar-refractivity contribution in [3.05, 3.63) is 0 Å². The first-order valence-electron chi connectivity index (χ1n) is 12.9. The first-order valence-corrected chi connectivity index (χ1v) is 12.9. The van der Waals surface area contributed by atoms with Crippen LogP contribution in [0.1, 0.15) is 0 Å². The Labute approximate surface area is 217 Å². The molecule has 36 heavy (non-hydrogen) atoms. The van der Waals surface area contributed by atoms with Gasteiger partial charge >= 0.3 is 0 Å². The van der Waals surface area contributed by atoms with Gasteiger partial charge in [-0.2, -0.15) is 0 Å². The highest BCUT2D eigenvalue weighted by atomic mass is 16.5. The minimum atomic E-state index is -0.597. The van der Waals surface area contributed by atoms with Crippen LogP contribution in [0.2, 0.25) is 0 Å². The number of hydrogen-bond acceptors (Lipinski definition) is 12. The summed E-state index contributed by atoms with van der Waals surface area (Å²) in [5.41, 5.74) is 0. The summed E-state index contributed by atoms with van der Waals surface area (Å²) in [6.45, 7) is 8.65. The topological polar surface area (TPSA) is 131 Å². The third-order valence-electron chi connectivity index (χ3n) is 6.24. The highest BCUT2D eigenvalue weighted by molar-refractivity contribution is 4.77. The molecular formula is C24H52N4O8. The van der Waals surface area contributed by atoms with E-state index in [-0.39, 0.29) is 26.4 Å². The fourth-order valence-corrected chi connectivity index (χ4v) is 4.48. The second-order valence-electron chi connectivity index (χ2n) is 9.64. The van der Waals surface area contributed by atoms with Gasteiger partial charge in [-0.25, -0.2) is 0 Å². The molecule has 1 saturated heterocycles. The van der Waals surface area contributed by atoms with Crippen LogP contribution in [0.5, 0.6) is 0 Å². The Morgan fingerprint density at radius 3 is 0.722 bits per heavy atom. The SMILES string of the molecule is COCC(O)CN1CCN(CC(O)COC)CCN(CC(O)COC)CCN(CC(O)COC)CC1. The van der Waals surface area contributed by atoms with Crippen molar-refractivity contribution in [1.29, 1.82) is 0 Å². The largest absolute Gasteiger partial charge is 0.389 e. The lowest BCUT2D eigenvalue weighted by molar-refractivity contribution is 0.00512. The van der Waals surface area contributed by atoms with E-state index in [2.05, 4.69) is 19.6 Å². The average molecular weight is 525 g/mol. The predicted octanol–water partition coefficient (Wildman–Crippen LogP) is -2.76. The Bertz CT molecular complexity index is 421. The van der Waals surface area contributed by atoms with Crippen LogP contribution in [0.3, 0.4) is 0 Å². The van der Waals surface area contributed by atoms with Crippen molar-refractivity contribution in [3.63, 3.8) is 0 Å². The second kappa shape index (κ2) is 20.5. The maximum absolute atomic E-state index is 10.4. The summed E-state index contributed by atoms with van der Waals surface area (Å²) in [6, 6.07) is 0. The molecule has 0 aromatic carbocycles. The molecule has 0 aromatic heterocycles. The van der Waals surface area contributed by atoms with Crippen LogP contribution in [-0.2, 0) is 18.9 Å². The van der Waals surface area contributed by atoms with Crippen molar-refractivity contribution >= 4 is 0 Å². The van der Waals surface area contributed by atoms with Gasteiger partial charge in [0.25, 0.3) is 0 Å². The molecule has 0 amide bonds. The number of rotatable bonds is 16. The number of aliphatic hydroxyl groups excluding tert-OH is 4. The molecule has 1 heterocycles. The normalized spacial score (nSPS) is 22.0. The van der Waals surface area contributed by atoms with Crippen LogP contribution >= 0.6 is 0 Å². The molecule has 0 spiro atoms. The van der Waals surface area contributed by atoms with Crippen molar-refractivity contribution in [2.45, 2.75) is 24.4 Å². The van der Waals surface area contributed by atoms with E-state index in [1.807, 2.05) is 0 Å². The number of hydrogen-bond donors (Lipinski definition) is 4. The van der Waals surface area contributed by atoms with Gasteiger partial charge < -0.3 is 39.4 Å². The third kappa shape index (κ3) is 15.7. The summed E-state index contributed by atoms with van der Waals surface area (Å²) in [4.78, 5) is 8.82. The fourth-order valence-electron chi connectivity index (χ4n) is 4.48. The van der Waals surface area contributed by atoms with E-state index in [1.54, 1.807) is 28.4 Å². The van der Waals surface area contributed by atoms with Gasteiger partial charge in [-0.15, -0.1) is 0 Å². The molecule has 1 rings (SSSR count). The van der Waals surface area contributed by atoms with Gasteiger partial charge in [0.15, 0.2) is 0 Å². The Morgan fingerprint density at radius 2 is 0.583 bits per heavy atom. The lowest BCUT2D eigenvalue weighted by Gasteiger charge is -2.36. The monoisotopic (exact) mass is 524 g/mol. The molecule has 0 aliphatic carbocycles. The maximum atomic E-state index is 10.4. The van der Waals surface area contributed by atoms with Crippen molar-refractivity contribution in [2.75, 3.05) is 133 Å². The molecule has 0 aromatic rings. The second-order valence-corrected chi connectivity index (χ2v) is 9.64. The zero-order chi connectivity index (χ0) is 26.8. The van der Waals surface area contributed by atoms with Gasteiger partial charge in [-0.1, -0.05) is 0 Å². The molecule has 1 aliphatic heterocycles. The molecule has 12 nitrogen and oxygen atoms in total. The van der Waals surface area contributed by atoms with Crippen LogP contribution in [0.4, 0.5) is 0 Å². The van der Waals surface area contributed by atoms with Crippen LogP contribution in [0.25, 0.3) is 0 Å². The van der Waals surface area contributed by atoms with Crippen LogP contribution < -0.4 is 0 Å². The summed E-state index contributed by atoms with van der Waals surface area (Å²) >= 11 is 0. The van der Waals surface area contributed by atoms with Gasteiger partial charge in [-0.05, 0) is 0 Å². The summed E-state index contributed by atoms with van der Waals surface area (Å²) in [5, 5.41) is 41.5. The lowest BCUT2D eigenvalue weighted by atomic mass is 10.2. The number of aliphatic hydroxyl groups is 4. The molecule has 0 saturated carbocycles. The van der Waals surface area contributed by atoms with Crippen molar-refractivity contribution < 1.29 is 39.4 Å². The summed E-state index contributed by atoms with van der Waals surface area (Å²) in [5.74, 6) is 0. The summed E-state index contributed by atoms with van der Waals surface area (Å²) in [7, 11) is 6.30. The Balaban J connectivity index is 2.99. The van der Waals surface area contributed by atoms with E-state index < -0.39 is 24.4 Å². The molecule has 0 bridgehead atoms. The maximum Gasteiger partial charge on any atom is 0.0900 e. The van der Waals surface area contributed by atoms with Crippen LogP contribution in [-0.4, -0.2) is 198 Å². The van der Waals surface area contributed by atoms with Gasteiger partial charge in [0.2, 0.25) is 0 Å². The highest BCUT2D eigenvalue weighted by Gasteiger charge is 2.22. The van der Waals surface area contributed by atoms with E-state index in [0.717, 1.165) is 0 Å². The minimum absolute atomic E-state index is 0.266. The Kier molecular flexibility index (Phi) is 19.1. The zero-order valence-electron chi connectivity index (χ0n) is 22.8. The number of β-amino-alcohol motifs (C(OH)–C–C–N with tert-alkyl or cyclic N) is 4. The number of methoxy groups -OCH3 is 4. The lowest BCUT2D eigenvalue weighted by Crippen LogP contribution is -2.51. The first kappa shape index (κ1) is 33.5. The molecule has 12 heteroatoms. The van der Waals surface area contributed by atoms with Gasteiger partial charge in [0, 0.05) is 107 Å². The third-order valence-corrected chi connectivity index (χ3v) is 6.24. The van der Waals surface area contributed by atoms with E-state index in [0.29, 0.717) is 78.5 Å². The quantitative estimate of drug-likeness (QED) is 0.167. The molecule has 4 N–H and O–H groups in total. The molecule has 4 unspecified atom stereocenters. The summed E-state index contributed by atoms with van der Waals surface area (Å²) in [6.07, 6.45) is -2.39. The van der Waals surface area contributed by atoms with E-state index in [4.69, 9.17) is 18.9 Å².